The number of halogens is 3. The number of nitrogens with zero attached hydrogens (tertiary/aromatic N) is 3. The summed E-state index contributed by atoms with van der Waals surface area (Å²) in [4.78, 5) is 0. The zero-order chi connectivity index (χ0) is 12.6. The number of rotatable bonds is 2. The highest BCUT2D eigenvalue weighted by atomic mass is 35.5. The molecule has 6 heteroatoms. The predicted molar refractivity (Wildman–Crippen MR) is 60.4 cm³/mol. The second-order valence-corrected chi connectivity index (χ2v) is 4.23. The number of aromatic nitrogens is 3. The maximum absolute atomic E-state index is 13.7. The lowest BCUT2D eigenvalue weighted by Crippen LogP contribution is -2.06. The molecule has 0 fully saturated rings. The van der Waals surface area contributed by atoms with E-state index in [1.54, 1.807) is 0 Å². The van der Waals surface area contributed by atoms with Crippen LogP contribution in [0.15, 0.2) is 18.2 Å². The van der Waals surface area contributed by atoms with Crippen LogP contribution in [0.2, 0.25) is 5.28 Å². The van der Waals surface area contributed by atoms with Crippen molar-refractivity contribution in [3.63, 3.8) is 0 Å². The molecule has 0 unspecified atom stereocenters. The first-order valence-electron chi connectivity index (χ1n) is 5.07. The molecule has 0 amide bonds. The molecule has 0 aliphatic heterocycles. The van der Waals surface area contributed by atoms with Crippen LogP contribution in [0, 0.1) is 11.6 Å². The van der Waals surface area contributed by atoms with Crippen LogP contribution in [-0.2, 0) is 0 Å². The van der Waals surface area contributed by atoms with E-state index in [1.165, 1.54) is 16.7 Å². The van der Waals surface area contributed by atoms with Crippen LogP contribution in [0.1, 0.15) is 25.6 Å². The van der Waals surface area contributed by atoms with Crippen molar-refractivity contribution in [2.45, 2.75) is 19.8 Å². The average Bonchev–Trinajstić information content (AvgIpc) is 2.65. The van der Waals surface area contributed by atoms with E-state index in [9.17, 15) is 8.78 Å². The monoisotopic (exact) mass is 257 g/mol. The maximum atomic E-state index is 13.7. The largest absolute Gasteiger partial charge is 0.266 e. The highest BCUT2D eigenvalue weighted by molar-refractivity contribution is 6.28. The first kappa shape index (κ1) is 12.0. The Bertz CT molecular complexity index is 552. The highest BCUT2D eigenvalue weighted by Gasteiger charge is 2.19. The Hall–Kier alpha value is -1.49. The second kappa shape index (κ2) is 4.41. The highest BCUT2D eigenvalue weighted by Crippen LogP contribution is 2.24. The molecular weight excluding hydrogens is 248 g/mol. The zero-order valence-corrected chi connectivity index (χ0v) is 10.0. The summed E-state index contributed by atoms with van der Waals surface area (Å²) in [5, 5.41) is 7.54. The molecule has 1 aromatic carbocycles. The van der Waals surface area contributed by atoms with Crippen LogP contribution < -0.4 is 0 Å². The van der Waals surface area contributed by atoms with E-state index in [0.717, 1.165) is 6.07 Å². The van der Waals surface area contributed by atoms with Gasteiger partial charge in [-0.1, -0.05) is 19.9 Å². The van der Waals surface area contributed by atoms with Crippen LogP contribution in [0.4, 0.5) is 8.78 Å². The summed E-state index contributed by atoms with van der Waals surface area (Å²) >= 11 is 5.85. The van der Waals surface area contributed by atoms with E-state index in [1.807, 2.05) is 13.8 Å². The van der Waals surface area contributed by atoms with E-state index in [0.29, 0.717) is 5.82 Å². The Morgan fingerprint density at radius 1 is 1.24 bits per heavy atom. The fraction of sp³-hybridized carbons (Fsp3) is 0.273. The van der Waals surface area contributed by atoms with Crippen molar-refractivity contribution < 1.29 is 8.78 Å². The summed E-state index contributed by atoms with van der Waals surface area (Å²) in [5.41, 5.74) is 0.0173. The maximum Gasteiger partial charge on any atom is 0.229 e. The van der Waals surface area contributed by atoms with Crippen LogP contribution in [0.5, 0.6) is 0 Å². The molecule has 0 spiro atoms. The molecule has 0 aliphatic carbocycles. The molecule has 0 aliphatic rings. The minimum Gasteiger partial charge on any atom is -0.266 e. The van der Waals surface area contributed by atoms with Crippen molar-refractivity contribution in [2.75, 3.05) is 0 Å². The molecule has 1 aromatic heterocycles. The van der Waals surface area contributed by atoms with Crippen LogP contribution in [0.3, 0.4) is 0 Å². The van der Waals surface area contributed by atoms with E-state index in [2.05, 4.69) is 10.2 Å². The Balaban J connectivity index is 2.68. The van der Waals surface area contributed by atoms with Gasteiger partial charge in [0.15, 0.2) is 11.6 Å². The van der Waals surface area contributed by atoms with Gasteiger partial charge in [0.1, 0.15) is 5.82 Å². The van der Waals surface area contributed by atoms with Gasteiger partial charge in [-0.2, -0.15) is 0 Å². The lowest BCUT2D eigenvalue weighted by atomic mass is 10.2. The van der Waals surface area contributed by atoms with Gasteiger partial charge in [0.05, 0.1) is 5.69 Å². The fourth-order valence-electron chi connectivity index (χ4n) is 1.54. The Labute approximate surface area is 102 Å². The van der Waals surface area contributed by atoms with Crippen LogP contribution >= 0.6 is 11.6 Å². The topological polar surface area (TPSA) is 30.7 Å². The third kappa shape index (κ3) is 2.02. The van der Waals surface area contributed by atoms with Gasteiger partial charge >= 0.3 is 0 Å². The van der Waals surface area contributed by atoms with Gasteiger partial charge in [0.2, 0.25) is 5.28 Å². The third-order valence-electron chi connectivity index (χ3n) is 2.34. The molecule has 0 N–H and O–H groups in total. The van der Waals surface area contributed by atoms with E-state index >= 15 is 0 Å². The quantitative estimate of drug-likeness (QED) is 0.826. The molecule has 0 atom stereocenters. The molecule has 3 nitrogen and oxygen atoms in total. The van der Waals surface area contributed by atoms with Gasteiger partial charge in [-0.15, -0.1) is 10.2 Å². The number of hydrogen-bond donors (Lipinski definition) is 0. The Kier molecular flexibility index (Phi) is 3.11. The Morgan fingerprint density at radius 3 is 2.59 bits per heavy atom. The molecule has 0 radical (unpaired) electrons. The molecule has 90 valence electrons. The second-order valence-electron chi connectivity index (χ2n) is 3.89. The minimum atomic E-state index is -0.962. The summed E-state index contributed by atoms with van der Waals surface area (Å²) in [5.74, 6) is -1.41. The van der Waals surface area contributed by atoms with Crippen molar-refractivity contribution in [1.82, 2.24) is 14.8 Å². The first-order valence-corrected chi connectivity index (χ1v) is 5.45. The average molecular weight is 258 g/mol. The molecule has 0 saturated heterocycles. The molecule has 0 bridgehead atoms. The number of benzene rings is 1. The molecule has 17 heavy (non-hydrogen) atoms. The van der Waals surface area contributed by atoms with Crippen LogP contribution in [0.25, 0.3) is 5.69 Å². The minimum absolute atomic E-state index is 0.00216. The van der Waals surface area contributed by atoms with Gasteiger partial charge in [0, 0.05) is 5.92 Å². The SMILES string of the molecule is CC(C)c1nnc(Cl)n1-c1cccc(F)c1F. The molecular formula is C11H10ClF2N3. The molecule has 2 rings (SSSR count). The summed E-state index contributed by atoms with van der Waals surface area (Å²) in [6.07, 6.45) is 0. The summed E-state index contributed by atoms with van der Waals surface area (Å²) in [6.45, 7) is 3.74. The van der Waals surface area contributed by atoms with Crippen molar-refractivity contribution >= 4 is 11.6 Å². The number of hydrogen-bond acceptors (Lipinski definition) is 2. The molecule has 2 aromatic rings. The standard InChI is InChI=1S/C11H10ClF2N3/c1-6(2)10-15-16-11(12)17(10)8-5-3-4-7(13)9(8)14/h3-6H,1-2H3. The predicted octanol–water partition coefficient (Wildman–Crippen LogP) is 3.32. The zero-order valence-electron chi connectivity index (χ0n) is 9.28. The van der Waals surface area contributed by atoms with Crippen molar-refractivity contribution in [3.8, 4) is 5.69 Å². The smallest absolute Gasteiger partial charge is 0.229 e. The van der Waals surface area contributed by atoms with E-state index in [-0.39, 0.29) is 16.9 Å². The summed E-state index contributed by atoms with van der Waals surface area (Å²) < 4.78 is 28.2. The van der Waals surface area contributed by atoms with Crippen LogP contribution in [-0.4, -0.2) is 14.8 Å². The van der Waals surface area contributed by atoms with E-state index < -0.39 is 11.6 Å². The van der Waals surface area contributed by atoms with Crippen molar-refractivity contribution in [1.29, 1.82) is 0 Å². The first-order chi connectivity index (χ1) is 8.02. The van der Waals surface area contributed by atoms with Gasteiger partial charge in [-0.3, -0.25) is 4.57 Å². The molecule has 1 heterocycles. The summed E-state index contributed by atoms with van der Waals surface area (Å²) in [6, 6.07) is 3.89. The summed E-state index contributed by atoms with van der Waals surface area (Å²) in [7, 11) is 0. The lowest BCUT2D eigenvalue weighted by molar-refractivity contribution is 0.502. The Morgan fingerprint density at radius 2 is 1.94 bits per heavy atom. The van der Waals surface area contributed by atoms with E-state index in [4.69, 9.17) is 11.6 Å². The van der Waals surface area contributed by atoms with Gasteiger partial charge in [-0.25, -0.2) is 8.78 Å². The van der Waals surface area contributed by atoms with Crippen molar-refractivity contribution in [3.05, 3.63) is 40.9 Å². The van der Waals surface area contributed by atoms with Gasteiger partial charge in [0.25, 0.3) is 0 Å². The normalized spacial score (nSPS) is 11.2. The van der Waals surface area contributed by atoms with Gasteiger partial charge < -0.3 is 0 Å². The molecule has 0 saturated carbocycles. The lowest BCUT2D eigenvalue weighted by Gasteiger charge is -2.10. The van der Waals surface area contributed by atoms with Crippen molar-refractivity contribution in [2.24, 2.45) is 0 Å². The third-order valence-corrected chi connectivity index (χ3v) is 2.58. The fourth-order valence-corrected chi connectivity index (χ4v) is 1.75. The van der Waals surface area contributed by atoms with Gasteiger partial charge in [-0.05, 0) is 23.7 Å².